The molecule has 9 heteroatoms. The molecular weight excluding hydrogens is 465 g/mol. The molecule has 1 N–H and O–H groups in total. The highest BCUT2D eigenvalue weighted by Crippen LogP contribution is 2.29. The van der Waals surface area contributed by atoms with Crippen LogP contribution in [0.15, 0.2) is 66.7 Å². The zero-order chi connectivity index (χ0) is 23.4. The highest BCUT2D eigenvalue weighted by atomic mass is 35.5. The van der Waals surface area contributed by atoms with Gasteiger partial charge in [-0.25, -0.2) is 4.98 Å². The lowest BCUT2D eigenvalue weighted by molar-refractivity contribution is -0.114. The second kappa shape index (κ2) is 9.94. The van der Waals surface area contributed by atoms with E-state index in [2.05, 4.69) is 10.3 Å². The van der Waals surface area contributed by atoms with E-state index in [9.17, 15) is 9.59 Å². The van der Waals surface area contributed by atoms with Gasteiger partial charge in [0.1, 0.15) is 18.1 Å². The Morgan fingerprint density at radius 2 is 1.73 bits per heavy atom. The van der Waals surface area contributed by atoms with Crippen LogP contribution >= 0.6 is 23.2 Å². The first kappa shape index (κ1) is 22.6. The van der Waals surface area contributed by atoms with Crippen molar-refractivity contribution >= 4 is 51.7 Å². The van der Waals surface area contributed by atoms with E-state index in [1.54, 1.807) is 48.5 Å². The molecule has 4 aromatic rings. The predicted octanol–water partition coefficient (Wildman–Crippen LogP) is 5.60. The van der Waals surface area contributed by atoms with Gasteiger partial charge in [0.2, 0.25) is 5.91 Å². The summed E-state index contributed by atoms with van der Waals surface area (Å²) in [5.74, 6) is 0.621. The van der Waals surface area contributed by atoms with Crippen molar-refractivity contribution in [2.45, 2.75) is 13.5 Å². The standard InChI is InChI=1S/C24H19Cl2N3O4/c1-15(30)27-19-7-3-5-9-22(19)33-14-24(31)29-20-8-4-2-6-18(20)28-23(29)13-32-21-11-10-16(25)12-17(21)26/h2-12H,13-14H2,1H3,(H,27,30). The molecule has 168 valence electrons. The van der Waals surface area contributed by atoms with Gasteiger partial charge in [-0.3, -0.25) is 14.2 Å². The average molecular weight is 484 g/mol. The van der Waals surface area contributed by atoms with Gasteiger partial charge in [0.05, 0.1) is 21.7 Å². The lowest BCUT2D eigenvalue weighted by atomic mass is 10.3. The lowest BCUT2D eigenvalue weighted by Crippen LogP contribution is -2.22. The summed E-state index contributed by atoms with van der Waals surface area (Å²) >= 11 is 12.1. The summed E-state index contributed by atoms with van der Waals surface area (Å²) in [6.45, 7) is 1.13. The molecule has 0 saturated heterocycles. The molecule has 0 radical (unpaired) electrons. The predicted molar refractivity (Wildman–Crippen MR) is 127 cm³/mol. The van der Waals surface area contributed by atoms with Crippen molar-refractivity contribution in [3.63, 3.8) is 0 Å². The number of nitrogens with zero attached hydrogens (tertiary/aromatic N) is 2. The van der Waals surface area contributed by atoms with E-state index in [0.717, 1.165) is 0 Å². The van der Waals surface area contributed by atoms with Crippen LogP contribution in [0.5, 0.6) is 11.5 Å². The Balaban J connectivity index is 1.58. The summed E-state index contributed by atoms with van der Waals surface area (Å²) in [4.78, 5) is 29.2. The molecule has 7 nitrogen and oxygen atoms in total. The minimum atomic E-state index is -0.345. The number of anilines is 1. The van der Waals surface area contributed by atoms with Crippen LogP contribution in [0.3, 0.4) is 0 Å². The van der Waals surface area contributed by atoms with E-state index in [1.807, 2.05) is 18.2 Å². The van der Waals surface area contributed by atoms with Crippen molar-refractivity contribution in [1.29, 1.82) is 0 Å². The topological polar surface area (TPSA) is 82.5 Å². The van der Waals surface area contributed by atoms with Gasteiger partial charge < -0.3 is 14.8 Å². The summed E-state index contributed by atoms with van der Waals surface area (Å²) < 4.78 is 13.0. The van der Waals surface area contributed by atoms with Gasteiger partial charge in [0.15, 0.2) is 12.4 Å². The van der Waals surface area contributed by atoms with Crippen LogP contribution in [-0.2, 0) is 11.4 Å². The maximum absolute atomic E-state index is 13.2. The first-order chi connectivity index (χ1) is 15.9. The Labute approximate surface area is 199 Å². The van der Waals surface area contributed by atoms with Crippen molar-refractivity contribution in [2.24, 2.45) is 0 Å². The van der Waals surface area contributed by atoms with E-state index in [0.29, 0.717) is 44.1 Å². The van der Waals surface area contributed by atoms with Crippen molar-refractivity contribution < 1.29 is 19.1 Å². The van der Waals surface area contributed by atoms with Gasteiger partial charge in [-0.1, -0.05) is 47.5 Å². The summed E-state index contributed by atoms with van der Waals surface area (Å²) in [6.07, 6.45) is 0. The van der Waals surface area contributed by atoms with E-state index in [-0.39, 0.29) is 25.0 Å². The van der Waals surface area contributed by atoms with Crippen LogP contribution in [0.4, 0.5) is 5.69 Å². The molecule has 1 heterocycles. The molecule has 0 aliphatic heterocycles. The molecule has 4 rings (SSSR count). The molecular formula is C24H19Cl2N3O4. The number of rotatable bonds is 7. The van der Waals surface area contributed by atoms with Gasteiger partial charge >= 0.3 is 0 Å². The molecule has 33 heavy (non-hydrogen) atoms. The van der Waals surface area contributed by atoms with E-state index < -0.39 is 0 Å². The van der Waals surface area contributed by atoms with Crippen molar-refractivity contribution in [3.8, 4) is 11.5 Å². The second-order valence-electron chi connectivity index (χ2n) is 7.08. The number of nitrogens with one attached hydrogen (secondary N) is 1. The number of para-hydroxylation sites is 4. The summed E-state index contributed by atoms with van der Waals surface area (Å²) in [7, 11) is 0. The molecule has 0 saturated carbocycles. The Morgan fingerprint density at radius 1 is 0.970 bits per heavy atom. The summed E-state index contributed by atoms with van der Waals surface area (Å²) in [5, 5.41) is 3.53. The normalized spacial score (nSPS) is 10.8. The van der Waals surface area contributed by atoms with Crippen LogP contribution in [0.25, 0.3) is 11.0 Å². The third-order valence-corrected chi connectivity index (χ3v) is 5.21. The Bertz CT molecular complexity index is 1340. The molecule has 0 bridgehead atoms. The fourth-order valence-electron chi connectivity index (χ4n) is 3.28. The third kappa shape index (κ3) is 5.27. The van der Waals surface area contributed by atoms with Gasteiger partial charge in [0, 0.05) is 11.9 Å². The molecule has 1 aromatic heterocycles. The largest absolute Gasteiger partial charge is 0.484 e. The van der Waals surface area contributed by atoms with Crippen LogP contribution in [0.2, 0.25) is 10.0 Å². The number of fused-ring (bicyclic) bond motifs is 1. The first-order valence-corrected chi connectivity index (χ1v) is 10.7. The summed E-state index contributed by atoms with van der Waals surface area (Å²) in [5.41, 5.74) is 1.75. The fraction of sp³-hybridized carbons (Fsp3) is 0.125. The lowest BCUT2D eigenvalue weighted by Gasteiger charge is -2.13. The molecule has 0 aliphatic rings. The maximum Gasteiger partial charge on any atom is 0.270 e. The van der Waals surface area contributed by atoms with Crippen LogP contribution in [0, 0.1) is 0 Å². The Morgan fingerprint density at radius 3 is 2.52 bits per heavy atom. The van der Waals surface area contributed by atoms with Crippen LogP contribution < -0.4 is 14.8 Å². The number of carbonyl (C=O) groups excluding carboxylic acids is 2. The van der Waals surface area contributed by atoms with Crippen molar-refractivity contribution in [2.75, 3.05) is 11.9 Å². The van der Waals surface area contributed by atoms with Gasteiger partial charge in [-0.15, -0.1) is 0 Å². The monoisotopic (exact) mass is 483 g/mol. The minimum Gasteiger partial charge on any atom is -0.484 e. The Kier molecular flexibility index (Phi) is 6.82. The van der Waals surface area contributed by atoms with Crippen LogP contribution in [0.1, 0.15) is 17.5 Å². The minimum absolute atomic E-state index is 0.00422. The summed E-state index contributed by atoms with van der Waals surface area (Å²) in [6, 6.07) is 19.1. The number of hydrogen-bond donors (Lipinski definition) is 1. The van der Waals surface area contributed by atoms with Gasteiger partial charge in [-0.2, -0.15) is 0 Å². The first-order valence-electron chi connectivity index (χ1n) is 9.99. The third-order valence-electron chi connectivity index (χ3n) is 4.68. The average Bonchev–Trinajstić information content (AvgIpc) is 3.16. The van der Waals surface area contributed by atoms with Crippen molar-refractivity contribution in [3.05, 3.63) is 82.6 Å². The van der Waals surface area contributed by atoms with E-state index >= 15 is 0 Å². The fourth-order valence-corrected chi connectivity index (χ4v) is 3.74. The number of ether oxygens (including phenoxy) is 2. The zero-order valence-electron chi connectivity index (χ0n) is 17.5. The number of hydrogen-bond acceptors (Lipinski definition) is 5. The number of amides is 1. The van der Waals surface area contributed by atoms with Crippen LogP contribution in [-0.4, -0.2) is 28.0 Å². The van der Waals surface area contributed by atoms with E-state index in [4.69, 9.17) is 32.7 Å². The van der Waals surface area contributed by atoms with Gasteiger partial charge in [-0.05, 0) is 42.5 Å². The molecule has 0 aliphatic carbocycles. The maximum atomic E-state index is 13.2. The highest BCUT2D eigenvalue weighted by Gasteiger charge is 2.19. The number of benzene rings is 3. The van der Waals surface area contributed by atoms with Gasteiger partial charge in [0.25, 0.3) is 5.91 Å². The molecule has 0 atom stereocenters. The smallest absolute Gasteiger partial charge is 0.270 e. The molecule has 0 spiro atoms. The SMILES string of the molecule is CC(=O)Nc1ccccc1OCC(=O)n1c(COc2ccc(Cl)cc2Cl)nc2ccccc21. The number of imidazole rings is 1. The van der Waals surface area contributed by atoms with Crippen molar-refractivity contribution in [1.82, 2.24) is 9.55 Å². The Hall–Kier alpha value is -3.55. The quantitative estimate of drug-likeness (QED) is 0.369. The second-order valence-corrected chi connectivity index (χ2v) is 7.92. The molecule has 0 fully saturated rings. The highest BCUT2D eigenvalue weighted by molar-refractivity contribution is 6.35. The molecule has 0 unspecified atom stereocenters. The number of halogens is 2. The molecule has 1 amide bonds. The molecule has 3 aromatic carbocycles. The number of carbonyl (C=O) groups is 2. The van der Waals surface area contributed by atoms with E-state index in [1.165, 1.54) is 11.5 Å². The number of aromatic nitrogens is 2. The zero-order valence-corrected chi connectivity index (χ0v) is 19.1.